The molecular weight excluding hydrogens is 346 g/mol. The molecule has 108 valence electrons. The van der Waals surface area contributed by atoms with Crippen LogP contribution < -0.4 is 9.46 Å². The lowest BCUT2D eigenvalue weighted by Gasteiger charge is -2.10. The molecule has 20 heavy (non-hydrogen) atoms. The molecule has 0 amide bonds. The van der Waals surface area contributed by atoms with Crippen molar-refractivity contribution in [3.8, 4) is 5.75 Å². The Balaban J connectivity index is 2.11. The van der Waals surface area contributed by atoms with Crippen molar-refractivity contribution in [2.75, 3.05) is 13.7 Å². The summed E-state index contributed by atoms with van der Waals surface area (Å²) < 4.78 is 37.9. The first-order valence-electron chi connectivity index (χ1n) is 5.88. The Morgan fingerprint density at radius 1 is 1.35 bits per heavy atom. The van der Waals surface area contributed by atoms with Crippen LogP contribution in [0.5, 0.6) is 5.75 Å². The molecule has 0 saturated heterocycles. The van der Waals surface area contributed by atoms with Crippen LogP contribution in [0.25, 0.3) is 0 Å². The average molecular weight is 360 g/mol. The number of hydrogen-bond donors (Lipinski definition) is 1. The van der Waals surface area contributed by atoms with E-state index in [1.165, 1.54) is 13.2 Å². The van der Waals surface area contributed by atoms with E-state index in [1.54, 1.807) is 30.5 Å². The first-order valence-corrected chi connectivity index (χ1v) is 8.16. The van der Waals surface area contributed by atoms with Gasteiger partial charge in [0, 0.05) is 17.4 Å². The zero-order chi connectivity index (χ0) is 14.6. The molecule has 0 fully saturated rings. The third-order valence-electron chi connectivity index (χ3n) is 2.66. The molecular formula is C13H14BrNO4S. The first kappa shape index (κ1) is 15.1. The van der Waals surface area contributed by atoms with Gasteiger partial charge in [0.05, 0.1) is 13.4 Å². The van der Waals surface area contributed by atoms with Crippen LogP contribution in [-0.2, 0) is 16.4 Å². The second-order valence-corrected chi connectivity index (χ2v) is 6.67. The molecule has 0 unspecified atom stereocenters. The lowest BCUT2D eigenvalue weighted by molar-refractivity contribution is 0.402. The summed E-state index contributed by atoms with van der Waals surface area (Å²) >= 11 is 3.25. The zero-order valence-electron chi connectivity index (χ0n) is 10.8. The van der Waals surface area contributed by atoms with E-state index in [0.717, 1.165) is 5.76 Å². The highest BCUT2D eigenvalue weighted by Crippen LogP contribution is 2.26. The number of nitrogens with one attached hydrogen (secondary N) is 1. The Kier molecular flexibility index (Phi) is 4.85. The van der Waals surface area contributed by atoms with Crippen LogP contribution in [0.15, 0.2) is 50.4 Å². The predicted molar refractivity (Wildman–Crippen MR) is 78.3 cm³/mol. The van der Waals surface area contributed by atoms with Gasteiger partial charge in [0.2, 0.25) is 10.0 Å². The number of ether oxygens (including phenoxy) is 1. The molecule has 1 aromatic carbocycles. The molecule has 5 nitrogen and oxygen atoms in total. The van der Waals surface area contributed by atoms with Gasteiger partial charge in [0.25, 0.3) is 0 Å². The van der Waals surface area contributed by atoms with Gasteiger partial charge in [-0.2, -0.15) is 0 Å². The van der Waals surface area contributed by atoms with Gasteiger partial charge in [-0.1, -0.05) is 15.9 Å². The average Bonchev–Trinajstić information content (AvgIpc) is 2.91. The molecule has 1 aromatic heterocycles. The van der Waals surface area contributed by atoms with Gasteiger partial charge in [-0.15, -0.1) is 0 Å². The number of halogens is 1. The lowest BCUT2D eigenvalue weighted by Crippen LogP contribution is -2.26. The van der Waals surface area contributed by atoms with Crippen LogP contribution in [0.4, 0.5) is 0 Å². The summed E-state index contributed by atoms with van der Waals surface area (Å²) in [4.78, 5) is 0.105. The summed E-state index contributed by atoms with van der Waals surface area (Å²) in [7, 11) is -2.19. The van der Waals surface area contributed by atoms with Gasteiger partial charge in [0.1, 0.15) is 16.4 Å². The van der Waals surface area contributed by atoms with E-state index in [4.69, 9.17) is 9.15 Å². The standard InChI is InChI=1S/C13H14BrNO4S/c1-18-12-5-4-10(14)9-13(12)20(16,17)15-7-6-11-3-2-8-19-11/h2-5,8-9,15H,6-7H2,1H3. The van der Waals surface area contributed by atoms with E-state index < -0.39 is 10.0 Å². The maximum atomic E-state index is 12.3. The molecule has 1 N–H and O–H groups in total. The molecule has 7 heteroatoms. The minimum Gasteiger partial charge on any atom is -0.495 e. The first-order chi connectivity index (χ1) is 9.53. The van der Waals surface area contributed by atoms with Crippen molar-refractivity contribution in [2.24, 2.45) is 0 Å². The summed E-state index contributed by atoms with van der Waals surface area (Å²) in [6.45, 7) is 0.255. The fourth-order valence-corrected chi connectivity index (χ4v) is 3.44. The van der Waals surface area contributed by atoms with Gasteiger partial charge in [-0.3, -0.25) is 0 Å². The monoisotopic (exact) mass is 359 g/mol. The van der Waals surface area contributed by atoms with Crippen molar-refractivity contribution in [1.82, 2.24) is 4.72 Å². The largest absolute Gasteiger partial charge is 0.495 e. The van der Waals surface area contributed by atoms with Crippen LogP contribution in [0, 0.1) is 0 Å². The second-order valence-electron chi connectivity index (χ2n) is 4.02. The van der Waals surface area contributed by atoms with E-state index in [0.29, 0.717) is 16.6 Å². The van der Waals surface area contributed by atoms with Gasteiger partial charge in [-0.25, -0.2) is 13.1 Å². The number of furan rings is 1. The number of sulfonamides is 1. The van der Waals surface area contributed by atoms with E-state index in [-0.39, 0.29) is 11.4 Å². The molecule has 0 aliphatic carbocycles. The molecule has 2 aromatic rings. The molecule has 0 aliphatic rings. The summed E-state index contributed by atoms with van der Waals surface area (Å²) in [6.07, 6.45) is 2.05. The fourth-order valence-electron chi connectivity index (χ4n) is 1.70. The van der Waals surface area contributed by atoms with Crippen molar-refractivity contribution in [2.45, 2.75) is 11.3 Å². The molecule has 0 atom stereocenters. The minimum atomic E-state index is -3.63. The van der Waals surface area contributed by atoms with Crippen LogP contribution in [0.1, 0.15) is 5.76 Å². The van der Waals surface area contributed by atoms with Gasteiger partial charge < -0.3 is 9.15 Å². The van der Waals surface area contributed by atoms with E-state index in [9.17, 15) is 8.42 Å². The SMILES string of the molecule is COc1ccc(Br)cc1S(=O)(=O)NCCc1ccco1. The van der Waals surface area contributed by atoms with Crippen molar-refractivity contribution < 1.29 is 17.6 Å². The Labute approximate surface area is 126 Å². The molecule has 0 spiro atoms. The smallest absolute Gasteiger partial charge is 0.244 e. The highest BCUT2D eigenvalue weighted by atomic mass is 79.9. The Bertz CT molecular complexity index is 668. The predicted octanol–water partition coefficient (Wildman–Crippen LogP) is 2.57. The van der Waals surface area contributed by atoms with Crippen LogP contribution in [0.2, 0.25) is 0 Å². The summed E-state index contributed by atoms with van der Waals surface area (Å²) in [6, 6.07) is 8.40. The topological polar surface area (TPSA) is 68.5 Å². The number of rotatable bonds is 6. The Morgan fingerprint density at radius 3 is 2.80 bits per heavy atom. The maximum absolute atomic E-state index is 12.3. The van der Waals surface area contributed by atoms with Gasteiger partial charge in [0.15, 0.2) is 0 Å². The molecule has 1 heterocycles. The number of benzene rings is 1. The normalized spacial score (nSPS) is 11.5. The molecule has 0 aliphatic heterocycles. The van der Waals surface area contributed by atoms with Crippen molar-refractivity contribution in [3.05, 3.63) is 46.8 Å². The highest BCUT2D eigenvalue weighted by Gasteiger charge is 2.19. The third kappa shape index (κ3) is 3.62. The quantitative estimate of drug-likeness (QED) is 0.860. The summed E-state index contributed by atoms with van der Waals surface area (Å²) in [5.74, 6) is 1.03. The zero-order valence-corrected chi connectivity index (χ0v) is 13.2. The summed E-state index contributed by atoms with van der Waals surface area (Å²) in [5, 5.41) is 0. The second kappa shape index (κ2) is 6.43. The molecule has 0 saturated carbocycles. The van der Waals surface area contributed by atoms with Crippen molar-refractivity contribution in [3.63, 3.8) is 0 Å². The lowest BCUT2D eigenvalue weighted by atomic mass is 10.3. The van der Waals surface area contributed by atoms with Crippen molar-refractivity contribution in [1.29, 1.82) is 0 Å². The van der Waals surface area contributed by atoms with Crippen LogP contribution in [0.3, 0.4) is 0 Å². The highest BCUT2D eigenvalue weighted by molar-refractivity contribution is 9.10. The third-order valence-corrected chi connectivity index (χ3v) is 4.63. The van der Waals surface area contributed by atoms with E-state index in [2.05, 4.69) is 20.7 Å². The number of hydrogen-bond acceptors (Lipinski definition) is 4. The van der Waals surface area contributed by atoms with Crippen molar-refractivity contribution >= 4 is 26.0 Å². The Morgan fingerprint density at radius 2 is 2.15 bits per heavy atom. The Hall–Kier alpha value is -1.31. The molecule has 0 radical (unpaired) electrons. The summed E-state index contributed by atoms with van der Waals surface area (Å²) in [5.41, 5.74) is 0. The molecule has 0 bridgehead atoms. The number of methoxy groups -OCH3 is 1. The van der Waals surface area contributed by atoms with Gasteiger partial charge in [-0.05, 0) is 30.3 Å². The van der Waals surface area contributed by atoms with Crippen LogP contribution >= 0.6 is 15.9 Å². The van der Waals surface area contributed by atoms with E-state index >= 15 is 0 Å². The maximum Gasteiger partial charge on any atom is 0.244 e. The van der Waals surface area contributed by atoms with E-state index in [1.807, 2.05) is 0 Å². The fraction of sp³-hybridized carbons (Fsp3) is 0.231. The minimum absolute atomic E-state index is 0.105. The van der Waals surface area contributed by atoms with Gasteiger partial charge >= 0.3 is 0 Å². The molecule has 2 rings (SSSR count). The van der Waals surface area contributed by atoms with Crippen LogP contribution in [-0.4, -0.2) is 22.1 Å².